The van der Waals surface area contributed by atoms with Crippen LogP contribution in [0.4, 0.5) is 5.82 Å². The van der Waals surface area contributed by atoms with Crippen LogP contribution in [0.2, 0.25) is 0 Å². The molecule has 7 heteroatoms. The number of aromatic nitrogens is 4. The molecule has 3 heterocycles. The Morgan fingerprint density at radius 3 is 2.57 bits per heavy atom. The summed E-state index contributed by atoms with van der Waals surface area (Å²) in [5.41, 5.74) is 8.41. The highest BCUT2D eigenvalue weighted by atomic mass is 16.1. The minimum atomic E-state index is -0.455. The van der Waals surface area contributed by atoms with Gasteiger partial charge >= 0.3 is 0 Å². The van der Waals surface area contributed by atoms with E-state index in [0.717, 1.165) is 35.6 Å². The number of rotatable bonds is 3. The lowest BCUT2D eigenvalue weighted by atomic mass is 10.1. The highest BCUT2D eigenvalue weighted by Gasteiger charge is 2.31. The molecule has 3 aromatic rings. The molecular formula is C16H16N6O. The van der Waals surface area contributed by atoms with Crippen molar-refractivity contribution in [2.75, 3.05) is 18.0 Å². The van der Waals surface area contributed by atoms with Crippen molar-refractivity contribution in [1.29, 1.82) is 0 Å². The van der Waals surface area contributed by atoms with Crippen molar-refractivity contribution >= 4 is 22.8 Å². The van der Waals surface area contributed by atoms with Crippen molar-refractivity contribution in [3.05, 3.63) is 47.9 Å². The zero-order valence-electron chi connectivity index (χ0n) is 12.7. The molecule has 0 unspecified atom stereocenters. The van der Waals surface area contributed by atoms with Crippen LogP contribution in [0.25, 0.3) is 11.0 Å². The van der Waals surface area contributed by atoms with Gasteiger partial charge in [-0.1, -0.05) is 12.1 Å². The number of benzene rings is 1. The van der Waals surface area contributed by atoms with Gasteiger partial charge in [0.25, 0.3) is 5.91 Å². The van der Waals surface area contributed by atoms with Gasteiger partial charge < -0.3 is 10.6 Å². The Morgan fingerprint density at radius 2 is 1.91 bits per heavy atom. The Balaban J connectivity index is 1.55. The standard InChI is InChI=1S/C16H16N6O/c1-10-16(20-14-5-3-2-4-13(14)19-10)21-8-12(9-21)22-7-11(6-18-22)15(17)23/h2-7,12H,8-9H2,1H3,(H2,17,23). The molecule has 2 N–H and O–H groups in total. The lowest BCUT2D eigenvalue weighted by Crippen LogP contribution is -2.48. The van der Waals surface area contributed by atoms with Gasteiger partial charge in [-0.3, -0.25) is 9.48 Å². The third kappa shape index (κ3) is 2.30. The second-order valence-electron chi connectivity index (χ2n) is 5.75. The number of para-hydroxylation sites is 2. The topological polar surface area (TPSA) is 89.9 Å². The molecule has 1 aromatic carbocycles. The van der Waals surface area contributed by atoms with Gasteiger partial charge in [0.1, 0.15) is 0 Å². The first-order chi connectivity index (χ1) is 11.1. The van der Waals surface area contributed by atoms with Crippen molar-refractivity contribution in [3.63, 3.8) is 0 Å². The molecule has 0 radical (unpaired) electrons. The largest absolute Gasteiger partial charge is 0.366 e. The number of nitrogens with zero attached hydrogens (tertiary/aromatic N) is 5. The molecule has 0 saturated carbocycles. The summed E-state index contributed by atoms with van der Waals surface area (Å²) in [4.78, 5) is 22.6. The highest BCUT2D eigenvalue weighted by Crippen LogP contribution is 2.29. The number of primary amides is 1. The minimum absolute atomic E-state index is 0.218. The second kappa shape index (κ2) is 5.05. The van der Waals surface area contributed by atoms with Crippen LogP contribution in [-0.2, 0) is 0 Å². The van der Waals surface area contributed by atoms with Gasteiger partial charge in [-0.15, -0.1) is 0 Å². The number of carbonyl (C=O) groups excluding carboxylic acids is 1. The maximum atomic E-state index is 11.1. The summed E-state index contributed by atoms with van der Waals surface area (Å²) < 4.78 is 1.79. The van der Waals surface area contributed by atoms with Crippen LogP contribution in [0.5, 0.6) is 0 Å². The highest BCUT2D eigenvalue weighted by molar-refractivity contribution is 5.92. The molecule has 4 rings (SSSR count). The lowest BCUT2D eigenvalue weighted by Gasteiger charge is -2.40. The summed E-state index contributed by atoms with van der Waals surface area (Å²) in [7, 11) is 0. The van der Waals surface area contributed by atoms with Crippen LogP contribution < -0.4 is 10.6 Å². The fraction of sp³-hybridized carbons (Fsp3) is 0.250. The number of hydrogen-bond acceptors (Lipinski definition) is 5. The molecule has 1 saturated heterocycles. The van der Waals surface area contributed by atoms with Gasteiger partial charge in [0.05, 0.1) is 34.5 Å². The summed E-state index contributed by atoms with van der Waals surface area (Å²) in [6, 6.07) is 8.08. The van der Waals surface area contributed by atoms with E-state index in [1.54, 1.807) is 10.9 Å². The number of carbonyl (C=O) groups is 1. The van der Waals surface area contributed by atoms with Crippen LogP contribution >= 0.6 is 0 Å². The van der Waals surface area contributed by atoms with E-state index < -0.39 is 5.91 Å². The third-order valence-corrected chi connectivity index (χ3v) is 4.14. The summed E-state index contributed by atoms with van der Waals surface area (Å²) in [6.45, 7) is 3.54. The van der Waals surface area contributed by atoms with Crippen molar-refractivity contribution < 1.29 is 4.79 Å². The molecule has 1 amide bonds. The number of aryl methyl sites for hydroxylation is 1. The molecule has 2 aromatic heterocycles. The SMILES string of the molecule is Cc1nc2ccccc2nc1N1CC(n2cc(C(N)=O)cn2)C1. The summed E-state index contributed by atoms with van der Waals surface area (Å²) in [5.74, 6) is 0.450. The quantitative estimate of drug-likeness (QED) is 0.787. The van der Waals surface area contributed by atoms with Gasteiger partial charge in [0.2, 0.25) is 0 Å². The first-order valence-electron chi connectivity index (χ1n) is 7.44. The maximum Gasteiger partial charge on any atom is 0.251 e. The number of hydrogen-bond donors (Lipinski definition) is 1. The van der Waals surface area contributed by atoms with Gasteiger partial charge in [-0.2, -0.15) is 5.10 Å². The fourth-order valence-electron chi connectivity index (χ4n) is 2.84. The Morgan fingerprint density at radius 1 is 1.22 bits per heavy atom. The van der Waals surface area contributed by atoms with E-state index in [-0.39, 0.29) is 6.04 Å². The zero-order chi connectivity index (χ0) is 16.0. The normalized spacial score (nSPS) is 14.9. The average Bonchev–Trinajstić information content (AvgIpc) is 2.96. The van der Waals surface area contributed by atoms with Gasteiger partial charge in [-0.25, -0.2) is 9.97 Å². The van der Waals surface area contributed by atoms with E-state index in [2.05, 4.69) is 15.0 Å². The molecule has 23 heavy (non-hydrogen) atoms. The Kier molecular flexibility index (Phi) is 3.00. The average molecular weight is 308 g/mol. The first-order valence-corrected chi connectivity index (χ1v) is 7.44. The van der Waals surface area contributed by atoms with Crippen LogP contribution in [0, 0.1) is 6.92 Å². The zero-order valence-corrected chi connectivity index (χ0v) is 12.7. The van der Waals surface area contributed by atoms with Crippen LogP contribution in [0.15, 0.2) is 36.7 Å². The smallest absolute Gasteiger partial charge is 0.251 e. The second-order valence-corrected chi connectivity index (χ2v) is 5.75. The predicted molar refractivity (Wildman–Crippen MR) is 86.3 cm³/mol. The van der Waals surface area contributed by atoms with Crippen molar-refractivity contribution in [3.8, 4) is 0 Å². The van der Waals surface area contributed by atoms with Crippen LogP contribution in [-0.4, -0.2) is 38.7 Å². The number of amides is 1. The van der Waals surface area contributed by atoms with E-state index in [4.69, 9.17) is 10.7 Å². The van der Waals surface area contributed by atoms with Gasteiger partial charge in [0.15, 0.2) is 5.82 Å². The van der Waals surface area contributed by atoms with Crippen LogP contribution in [0.1, 0.15) is 22.1 Å². The van der Waals surface area contributed by atoms with Crippen molar-refractivity contribution in [2.45, 2.75) is 13.0 Å². The molecule has 7 nitrogen and oxygen atoms in total. The third-order valence-electron chi connectivity index (χ3n) is 4.14. The molecule has 0 spiro atoms. The maximum absolute atomic E-state index is 11.1. The summed E-state index contributed by atoms with van der Waals surface area (Å²) in [5, 5.41) is 4.21. The van der Waals surface area contributed by atoms with Gasteiger partial charge in [0, 0.05) is 19.3 Å². The molecule has 116 valence electrons. The van der Waals surface area contributed by atoms with E-state index in [9.17, 15) is 4.79 Å². The number of fused-ring (bicyclic) bond motifs is 1. The minimum Gasteiger partial charge on any atom is -0.366 e. The fourth-order valence-corrected chi connectivity index (χ4v) is 2.84. The van der Waals surface area contributed by atoms with E-state index in [1.165, 1.54) is 6.20 Å². The number of nitrogens with two attached hydrogens (primary N) is 1. The predicted octanol–water partition coefficient (Wildman–Crippen LogP) is 1.29. The van der Waals surface area contributed by atoms with Crippen molar-refractivity contribution in [1.82, 2.24) is 19.7 Å². The Labute approximate surface area is 132 Å². The molecule has 0 bridgehead atoms. The van der Waals surface area contributed by atoms with Crippen LogP contribution in [0.3, 0.4) is 0 Å². The molecule has 1 aliphatic heterocycles. The Hall–Kier alpha value is -2.96. The molecule has 0 atom stereocenters. The Bertz CT molecular complexity index is 896. The lowest BCUT2D eigenvalue weighted by molar-refractivity contribution is 0.1000. The van der Waals surface area contributed by atoms with E-state index >= 15 is 0 Å². The monoisotopic (exact) mass is 308 g/mol. The van der Waals surface area contributed by atoms with E-state index in [0.29, 0.717) is 5.56 Å². The summed E-state index contributed by atoms with van der Waals surface area (Å²) in [6.07, 6.45) is 3.20. The summed E-state index contributed by atoms with van der Waals surface area (Å²) >= 11 is 0. The molecule has 0 aliphatic carbocycles. The first kappa shape index (κ1) is 13.7. The van der Waals surface area contributed by atoms with E-state index in [1.807, 2.05) is 31.2 Å². The van der Waals surface area contributed by atoms with Gasteiger partial charge in [-0.05, 0) is 19.1 Å². The van der Waals surface area contributed by atoms with Crippen molar-refractivity contribution in [2.24, 2.45) is 5.73 Å². The molecule has 1 aliphatic rings. The molecular weight excluding hydrogens is 292 g/mol. The molecule has 1 fully saturated rings. The number of anilines is 1.